The van der Waals surface area contributed by atoms with E-state index in [0.717, 1.165) is 24.5 Å². The Bertz CT molecular complexity index is 562. The van der Waals surface area contributed by atoms with Gasteiger partial charge in [-0.1, -0.05) is 11.6 Å². The van der Waals surface area contributed by atoms with Crippen LogP contribution in [0.3, 0.4) is 0 Å². The first-order valence-electron chi connectivity index (χ1n) is 4.56. The molecule has 0 saturated heterocycles. The molecule has 88 valence electrons. The summed E-state index contributed by atoms with van der Waals surface area (Å²) in [4.78, 5) is 7.43. The smallest absolute Gasteiger partial charge is 0.158 e. The van der Waals surface area contributed by atoms with E-state index in [2.05, 4.69) is 15.3 Å². The Balaban J connectivity index is 2.38. The van der Waals surface area contributed by atoms with Crippen molar-refractivity contribution < 1.29 is 8.78 Å². The lowest BCUT2D eigenvalue weighted by molar-refractivity contribution is 0.603. The zero-order valence-corrected chi connectivity index (χ0v) is 9.17. The molecule has 0 bridgehead atoms. The third kappa shape index (κ3) is 2.42. The molecule has 0 aliphatic rings. The predicted octanol–water partition coefficient (Wildman–Crippen LogP) is 2.73. The van der Waals surface area contributed by atoms with Gasteiger partial charge in [0.2, 0.25) is 0 Å². The van der Waals surface area contributed by atoms with Crippen LogP contribution in [0.5, 0.6) is 0 Å². The second kappa shape index (κ2) is 4.50. The van der Waals surface area contributed by atoms with Gasteiger partial charge in [0.1, 0.15) is 23.6 Å². The molecule has 0 unspecified atom stereocenters. The van der Waals surface area contributed by atoms with Crippen LogP contribution in [0.2, 0.25) is 5.15 Å². The summed E-state index contributed by atoms with van der Waals surface area (Å²) >= 11 is 5.67. The molecule has 0 atom stereocenters. The summed E-state index contributed by atoms with van der Waals surface area (Å²) in [5.41, 5.74) is 5.57. The number of nitrogens with zero attached hydrogens (tertiary/aromatic N) is 2. The predicted molar refractivity (Wildman–Crippen MR) is 61.1 cm³/mol. The van der Waals surface area contributed by atoms with Crippen LogP contribution >= 0.6 is 11.6 Å². The summed E-state index contributed by atoms with van der Waals surface area (Å²) in [5.74, 6) is -1.08. The quantitative estimate of drug-likeness (QED) is 0.811. The summed E-state index contributed by atoms with van der Waals surface area (Å²) in [5, 5.41) is 2.59. The molecule has 0 aliphatic carbocycles. The van der Waals surface area contributed by atoms with Crippen LogP contribution in [0, 0.1) is 11.6 Å². The van der Waals surface area contributed by atoms with Crippen molar-refractivity contribution in [3.63, 3.8) is 0 Å². The number of hydrogen-bond donors (Lipinski definition) is 2. The Morgan fingerprint density at radius 3 is 2.76 bits per heavy atom. The van der Waals surface area contributed by atoms with E-state index in [1.54, 1.807) is 0 Å². The topological polar surface area (TPSA) is 63.8 Å². The van der Waals surface area contributed by atoms with Gasteiger partial charge in [-0.25, -0.2) is 18.7 Å². The minimum absolute atomic E-state index is 0.0410. The van der Waals surface area contributed by atoms with Crippen LogP contribution in [-0.2, 0) is 0 Å². The Hall–Kier alpha value is -1.95. The van der Waals surface area contributed by atoms with Gasteiger partial charge in [-0.05, 0) is 12.1 Å². The first-order chi connectivity index (χ1) is 8.08. The molecule has 2 aromatic rings. The maximum atomic E-state index is 13.3. The molecular weight excluding hydrogens is 250 g/mol. The second-order valence-electron chi connectivity index (χ2n) is 3.18. The molecular formula is C10H7ClF2N4. The molecule has 0 spiro atoms. The molecule has 0 amide bonds. The van der Waals surface area contributed by atoms with Crippen LogP contribution < -0.4 is 11.1 Å². The molecule has 3 N–H and O–H groups in total. The van der Waals surface area contributed by atoms with Gasteiger partial charge in [-0.2, -0.15) is 0 Å². The number of aromatic nitrogens is 2. The number of nitrogens with one attached hydrogen (secondary N) is 1. The molecule has 0 aliphatic heterocycles. The highest BCUT2D eigenvalue weighted by Gasteiger charge is 2.09. The van der Waals surface area contributed by atoms with Crippen LogP contribution in [0.15, 0.2) is 24.5 Å². The highest BCUT2D eigenvalue weighted by atomic mass is 35.5. The van der Waals surface area contributed by atoms with E-state index in [0.29, 0.717) is 0 Å². The molecule has 0 saturated carbocycles. The Morgan fingerprint density at radius 1 is 1.24 bits per heavy atom. The first-order valence-corrected chi connectivity index (χ1v) is 4.94. The fraction of sp³-hybridized carbons (Fsp3) is 0. The monoisotopic (exact) mass is 256 g/mol. The minimum atomic E-state index is -0.625. The van der Waals surface area contributed by atoms with Gasteiger partial charge in [-0.3, -0.25) is 0 Å². The van der Waals surface area contributed by atoms with Crippen molar-refractivity contribution in [3.05, 3.63) is 41.3 Å². The fourth-order valence-electron chi connectivity index (χ4n) is 1.19. The molecule has 4 nitrogen and oxygen atoms in total. The highest BCUT2D eigenvalue weighted by molar-refractivity contribution is 6.32. The molecule has 1 aromatic carbocycles. The van der Waals surface area contributed by atoms with Gasteiger partial charge in [0.25, 0.3) is 0 Å². The van der Waals surface area contributed by atoms with E-state index >= 15 is 0 Å². The Kier molecular flexibility index (Phi) is 3.06. The third-order valence-corrected chi connectivity index (χ3v) is 2.32. The summed E-state index contributed by atoms with van der Waals surface area (Å²) in [6.07, 6.45) is 1.16. The van der Waals surface area contributed by atoms with Crippen molar-refractivity contribution in [2.75, 3.05) is 11.1 Å². The number of nitrogens with two attached hydrogens (primary N) is 1. The van der Waals surface area contributed by atoms with Crippen molar-refractivity contribution in [1.29, 1.82) is 0 Å². The van der Waals surface area contributed by atoms with Crippen molar-refractivity contribution in [2.24, 2.45) is 0 Å². The number of benzene rings is 1. The number of halogens is 3. The van der Waals surface area contributed by atoms with E-state index in [1.807, 2.05) is 0 Å². The van der Waals surface area contributed by atoms with Crippen LogP contribution in [0.4, 0.5) is 26.0 Å². The molecule has 1 aromatic heterocycles. The van der Waals surface area contributed by atoms with E-state index in [1.165, 1.54) is 0 Å². The summed E-state index contributed by atoms with van der Waals surface area (Å²) in [6.45, 7) is 0. The van der Waals surface area contributed by atoms with Gasteiger partial charge in [-0.15, -0.1) is 0 Å². The van der Waals surface area contributed by atoms with Gasteiger partial charge >= 0.3 is 0 Å². The number of anilines is 3. The van der Waals surface area contributed by atoms with Crippen LogP contribution in [0.1, 0.15) is 0 Å². The highest BCUT2D eigenvalue weighted by Crippen LogP contribution is 2.26. The van der Waals surface area contributed by atoms with Gasteiger partial charge in [0.15, 0.2) is 11.0 Å². The largest absolute Gasteiger partial charge is 0.393 e. The SMILES string of the molecule is Nc1c(Cl)ncnc1Nc1cc(F)ccc1F. The molecule has 0 radical (unpaired) electrons. The second-order valence-corrected chi connectivity index (χ2v) is 3.53. The molecule has 7 heteroatoms. The van der Waals surface area contributed by atoms with Gasteiger partial charge < -0.3 is 11.1 Å². The number of hydrogen-bond acceptors (Lipinski definition) is 4. The molecule has 17 heavy (non-hydrogen) atoms. The van der Waals surface area contributed by atoms with Crippen LogP contribution in [-0.4, -0.2) is 9.97 Å². The summed E-state index contributed by atoms with van der Waals surface area (Å²) < 4.78 is 26.3. The van der Waals surface area contributed by atoms with E-state index < -0.39 is 11.6 Å². The van der Waals surface area contributed by atoms with Crippen LogP contribution in [0.25, 0.3) is 0 Å². The molecule has 1 heterocycles. The van der Waals surface area contributed by atoms with Gasteiger partial charge in [0, 0.05) is 6.07 Å². The lowest BCUT2D eigenvalue weighted by Crippen LogP contribution is -2.02. The Morgan fingerprint density at radius 2 is 2.00 bits per heavy atom. The maximum Gasteiger partial charge on any atom is 0.158 e. The zero-order chi connectivity index (χ0) is 12.4. The van der Waals surface area contributed by atoms with Crippen molar-refractivity contribution in [2.45, 2.75) is 0 Å². The summed E-state index contributed by atoms with van der Waals surface area (Å²) in [6, 6.07) is 3.00. The van der Waals surface area contributed by atoms with E-state index in [9.17, 15) is 8.78 Å². The average Bonchev–Trinajstić information content (AvgIpc) is 2.30. The normalized spacial score (nSPS) is 10.3. The van der Waals surface area contributed by atoms with E-state index in [-0.39, 0.29) is 22.3 Å². The minimum Gasteiger partial charge on any atom is -0.393 e. The zero-order valence-electron chi connectivity index (χ0n) is 8.42. The van der Waals surface area contributed by atoms with Crippen molar-refractivity contribution in [1.82, 2.24) is 9.97 Å². The first kappa shape index (κ1) is 11.5. The van der Waals surface area contributed by atoms with Crippen molar-refractivity contribution in [3.8, 4) is 0 Å². The summed E-state index contributed by atoms with van der Waals surface area (Å²) in [7, 11) is 0. The van der Waals surface area contributed by atoms with Gasteiger partial charge in [0.05, 0.1) is 5.69 Å². The lowest BCUT2D eigenvalue weighted by Gasteiger charge is -2.09. The van der Waals surface area contributed by atoms with Crippen molar-refractivity contribution >= 4 is 28.8 Å². The fourth-order valence-corrected chi connectivity index (χ4v) is 1.33. The standard InChI is InChI=1S/C10H7ClF2N4/c11-9-8(14)10(16-4-15-9)17-7-3-5(12)1-2-6(7)13/h1-4H,14H2,(H,15,16,17). The Labute approximate surface area is 100 Å². The average molecular weight is 257 g/mol. The number of nitrogen functional groups attached to an aromatic ring is 1. The van der Waals surface area contributed by atoms with E-state index in [4.69, 9.17) is 17.3 Å². The third-order valence-electron chi connectivity index (χ3n) is 2.02. The lowest BCUT2D eigenvalue weighted by atomic mass is 10.3. The molecule has 2 rings (SSSR count). The molecule has 0 fully saturated rings. The number of rotatable bonds is 2. The maximum absolute atomic E-state index is 13.3.